The molecular weight excluding hydrogens is 230 g/mol. The molecule has 0 saturated carbocycles. The number of thiophene rings is 1. The maximum Gasteiger partial charge on any atom is 0.128 e. The lowest BCUT2D eigenvalue weighted by Gasteiger charge is -2.15. The zero-order valence-electron chi connectivity index (χ0n) is 8.28. The lowest BCUT2D eigenvalue weighted by atomic mass is 10.0. The Kier molecular flexibility index (Phi) is 3.28. The molecule has 1 unspecified atom stereocenters. The van der Waals surface area contributed by atoms with Gasteiger partial charge in [-0.2, -0.15) is 11.3 Å². The minimum atomic E-state index is -0.526. The Morgan fingerprint density at radius 3 is 2.69 bits per heavy atom. The van der Waals surface area contributed by atoms with Gasteiger partial charge in [0.25, 0.3) is 0 Å². The van der Waals surface area contributed by atoms with Crippen molar-refractivity contribution in [1.82, 2.24) is 5.43 Å². The van der Waals surface area contributed by atoms with Crippen molar-refractivity contribution in [2.24, 2.45) is 5.84 Å². The molecule has 1 heterocycles. The van der Waals surface area contributed by atoms with Gasteiger partial charge < -0.3 is 0 Å². The zero-order valence-corrected chi connectivity index (χ0v) is 9.10. The number of benzene rings is 1. The molecular formula is C11H10F2N2S. The lowest BCUT2D eigenvalue weighted by Crippen LogP contribution is -2.29. The van der Waals surface area contributed by atoms with Crippen LogP contribution in [0.4, 0.5) is 8.78 Å². The second-order valence-electron chi connectivity index (χ2n) is 3.32. The highest BCUT2D eigenvalue weighted by molar-refractivity contribution is 7.08. The average Bonchev–Trinajstić information content (AvgIpc) is 2.78. The predicted octanol–water partition coefficient (Wildman–Crippen LogP) is 2.58. The van der Waals surface area contributed by atoms with Crippen molar-refractivity contribution >= 4 is 11.3 Å². The monoisotopic (exact) mass is 240 g/mol. The van der Waals surface area contributed by atoms with Crippen molar-refractivity contribution in [3.63, 3.8) is 0 Å². The molecule has 0 aliphatic heterocycles. The third-order valence-corrected chi connectivity index (χ3v) is 3.01. The number of halogens is 2. The van der Waals surface area contributed by atoms with Crippen LogP contribution in [0.15, 0.2) is 35.0 Å². The first-order chi connectivity index (χ1) is 7.72. The van der Waals surface area contributed by atoms with Crippen LogP contribution < -0.4 is 11.3 Å². The van der Waals surface area contributed by atoms with E-state index in [2.05, 4.69) is 5.43 Å². The van der Waals surface area contributed by atoms with Crippen LogP contribution in [-0.4, -0.2) is 0 Å². The normalized spacial score (nSPS) is 12.7. The van der Waals surface area contributed by atoms with E-state index in [1.165, 1.54) is 11.3 Å². The first kappa shape index (κ1) is 11.2. The van der Waals surface area contributed by atoms with Gasteiger partial charge in [-0.25, -0.2) is 14.2 Å². The third kappa shape index (κ3) is 2.11. The van der Waals surface area contributed by atoms with E-state index in [-0.39, 0.29) is 5.56 Å². The summed E-state index contributed by atoms with van der Waals surface area (Å²) in [6.45, 7) is 0. The van der Waals surface area contributed by atoms with Crippen LogP contribution in [0.5, 0.6) is 0 Å². The Balaban J connectivity index is 2.44. The van der Waals surface area contributed by atoms with Crippen molar-refractivity contribution in [3.05, 3.63) is 57.8 Å². The number of nitrogens with two attached hydrogens (primary N) is 1. The summed E-state index contributed by atoms with van der Waals surface area (Å²) in [4.78, 5) is 0. The Hall–Kier alpha value is -1.30. The predicted molar refractivity (Wildman–Crippen MR) is 59.8 cm³/mol. The van der Waals surface area contributed by atoms with Gasteiger partial charge in [0.2, 0.25) is 0 Å². The Labute approximate surface area is 95.7 Å². The molecule has 2 rings (SSSR count). The van der Waals surface area contributed by atoms with Crippen molar-refractivity contribution in [2.75, 3.05) is 0 Å². The highest BCUT2D eigenvalue weighted by atomic mass is 32.1. The van der Waals surface area contributed by atoms with Crippen molar-refractivity contribution < 1.29 is 8.78 Å². The maximum atomic E-state index is 13.5. The van der Waals surface area contributed by atoms with Gasteiger partial charge in [-0.05, 0) is 40.6 Å². The minimum Gasteiger partial charge on any atom is -0.271 e. The number of rotatable bonds is 3. The van der Waals surface area contributed by atoms with Crippen molar-refractivity contribution in [2.45, 2.75) is 6.04 Å². The molecule has 0 aliphatic carbocycles. The van der Waals surface area contributed by atoms with Crippen molar-refractivity contribution in [3.8, 4) is 0 Å². The van der Waals surface area contributed by atoms with Crippen LogP contribution in [-0.2, 0) is 0 Å². The average molecular weight is 240 g/mol. The van der Waals surface area contributed by atoms with Gasteiger partial charge in [0.1, 0.15) is 11.6 Å². The summed E-state index contributed by atoms with van der Waals surface area (Å²) >= 11 is 1.48. The van der Waals surface area contributed by atoms with E-state index in [1.807, 2.05) is 16.8 Å². The summed E-state index contributed by atoms with van der Waals surface area (Å²) in [6, 6.07) is 4.63. The summed E-state index contributed by atoms with van der Waals surface area (Å²) < 4.78 is 26.6. The maximum absolute atomic E-state index is 13.5. The molecule has 0 amide bonds. The summed E-state index contributed by atoms with van der Waals surface area (Å²) in [6.07, 6.45) is 0. The van der Waals surface area contributed by atoms with E-state index >= 15 is 0 Å². The topological polar surface area (TPSA) is 38.0 Å². The molecule has 2 aromatic rings. The number of hydrogen-bond donors (Lipinski definition) is 2. The van der Waals surface area contributed by atoms with Crippen LogP contribution in [0, 0.1) is 11.6 Å². The molecule has 1 atom stereocenters. The Bertz CT molecular complexity index is 471. The van der Waals surface area contributed by atoms with Gasteiger partial charge in [0.05, 0.1) is 6.04 Å². The van der Waals surface area contributed by atoms with E-state index in [0.717, 1.165) is 23.8 Å². The molecule has 16 heavy (non-hydrogen) atoms. The molecule has 0 radical (unpaired) electrons. The second kappa shape index (κ2) is 4.69. The zero-order chi connectivity index (χ0) is 11.5. The molecule has 0 fully saturated rings. The molecule has 3 N–H and O–H groups in total. The smallest absolute Gasteiger partial charge is 0.128 e. The van der Waals surface area contributed by atoms with Gasteiger partial charge in [0, 0.05) is 5.56 Å². The van der Waals surface area contributed by atoms with Gasteiger partial charge in [-0.15, -0.1) is 0 Å². The fraction of sp³-hybridized carbons (Fsp3) is 0.0909. The quantitative estimate of drug-likeness (QED) is 0.639. The molecule has 0 spiro atoms. The molecule has 0 saturated heterocycles. The summed E-state index contributed by atoms with van der Waals surface area (Å²) in [7, 11) is 0. The summed E-state index contributed by atoms with van der Waals surface area (Å²) in [5, 5.41) is 3.70. The second-order valence-corrected chi connectivity index (χ2v) is 4.10. The standard InChI is InChI=1S/C11H10F2N2S/c12-8-1-2-10(13)9(5-8)11(15-14)7-3-4-16-6-7/h1-6,11,15H,14H2. The molecule has 84 valence electrons. The minimum absolute atomic E-state index is 0.209. The van der Waals surface area contributed by atoms with E-state index in [4.69, 9.17) is 5.84 Å². The van der Waals surface area contributed by atoms with Gasteiger partial charge >= 0.3 is 0 Å². The van der Waals surface area contributed by atoms with Crippen LogP contribution >= 0.6 is 11.3 Å². The highest BCUT2D eigenvalue weighted by Crippen LogP contribution is 2.25. The Morgan fingerprint density at radius 1 is 1.25 bits per heavy atom. The first-order valence-electron chi connectivity index (χ1n) is 4.65. The van der Waals surface area contributed by atoms with Crippen LogP contribution in [0.2, 0.25) is 0 Å². The molecule has 2 nitrogen and oxygen atoms in total. The third-order valence-electron chi connectivity index (χ3n) is 2.31. The number of nitrogens with one attached hydrogen (secondary N) is 1. The first-order valence-corrected chi connectivity index (χ1v) is 5.60. The van der Waals surface area contributed by atoms with Gasteiger partial charge in [0.15, 0.2) is 0 Å². The van der Waals surface area contributed by atoms with Crippen LogP contribution in [0.25, 0.3) is 0 Å². The molecule has 0 aliphatic rings. The van der Waals surface area contributed by atoms with Crippen molar-refractivity contribution in [1.29, 1.82) is 0 Å². The SMILES string of the molecule is NNC(c1ccsc1)c1cc(F)ccc1F. The Morgan fingerprint density at radius 2 is 2.06 bits per heavy atom. The number of hydrogen-bond acceptors (Lipinski definition) is 3. The summed E-state index contributed by atoms with van der Waals surface area (Å²) in [5.41, 5.74) is 3.51. The lowest BCUT2D eigenvalue weighted by molar-refractivity contribution is 0.546. The largest absolute Gasteiger partial charge is 0.271 e. The van der Waals surface area contributed by atoms with Crippen LogP contribution in [0.3, 0.4) is 0 Å². The van der Waals surface area contributed by atoms with Gasteiger partial charge in [-0.1, -0.05) is 0 Å². The van der Waals surface area contributed by atoms with Gasteiger partial charge in [-0.3, -0.25) is 5.84 Å². The molecule has 1 aromatic heterocycles. The van der Waals surface area contributed by atoms with Crippen LogP contribution in [0.1, 0.15) is 17.2 Å². The van der Waals surface area contributed by atoms with E-state index in [9.17, 15) is 8.78 Å². The molecule has 1 aromatic carbocycles. The molecule has 0 bridgehead atoms. The summed E-state index contributed by atoms with van der Waals surface area (Å²) in [5.74, 6) is 4.42. The highest BCUT2D eigenvalue weighted by Gasteiger charge is 2.17. The fourth-order valence-corrected chi connectivity index (χ4v) is 2.23. The van der Waals surface area contributed by atoms with E-state index < -0.39 is 17.7 Å². The fourth-order valence-electron chi connectivity index (χ4n) is 1.54. The molecule has 5 heteroatoms. The number of hydrazine groups is 1. The van der Waals surface area contributed by atoms with E-state index in [0.29, 0.717) is 0 Å². The van der Waals surface area contributed by atoms with E-state index in [1.54, 1.807) is 0 Å².